The van der Waals surface area contributed by atoms with Crippen LogP contribution in [0.5, 0.6) is 11.5 Å². The molecule has 3 rings (SSSR count). The molecule has 2 aromatic rings. The minimum absolute atomic E-state index is 0. The van der Waals surface area contributed by atoms with Crippen LogP contribution in [0, 0.1) is 0 Å². The van der Waals surface area contributed by atoms with Gasteiger partial charge in [0.1, 0.15) is 5.75 Å². The summed E-state index contributed by atoms with van der Waals surface area (Å²) in [6, 6.07) is 12.0. The van der Waals surface area contributed by atoms with E-state index >= 15 is 0 Å². The Labute approximate surface area is 205 Å². The fraction of sp³-hybridized carbons (Fsp3) is 0.357. The van der Waals surface area contributed by atoms with E-state index in [9.17, 15) is 5.11 Å². The third kappa shape index (κ3) is 5.17. The van der Waals surface area contributed by atoms with Crippen molar-refractivity contribution in [2.45, 2.75) is 58.3 Å². The Morgan fingerprint density at radius 2 is 1.53 bits per heavy atom. The molecule has 0 heterocycles. The Bertz CT molecular complexity index is 1010. The number of ether oxygens (including phenoxy) is 2. The summed E-state index contributed by atoms with van der Waals surface area (Å²) in [4.78, 5) is 0. The molecule has 0 aliphatic heterocycles. The molecule has 0 unspecified atom stereocenters. The first-order valence-corrected chi connectivity index (χ1v) is 10.7. The van der Waals surface area contributed by atoms with Gasteiger partial charge in [-0.25, -0.2) is 0 Å². The van der Waals surface area contributed by atoms with Gasteiger partial charge in [0.05, 0.1) is 13.1 Å². The average Bonchev–Trinajstić information content (AvgIpc) is 2.71. The second-order valence-electron chi connectivity index (χ2n) is 10.1. The van der Waals surface area contributed by atoms with Crippen molar-refractivity contribution in [1.29, 1.82) is 0 Å². The van der Waals surface area contributed by atoms with Gasteiger partial charge < -0.3 is 14.6 Å². The number of benzene rings is 2. The molecule has 0 bridgehead atoms. The van der Waals surface area contributed by atoms with Crippen LogP contribution in [0.4, 0.5) is 0 Å². The van der Waals surface area contributed by atoms with E-state index in [0.29, 0.717) is 11.3 Å². The van der Waals surface area contributed by atoms with Crippen molar-refractivity contribution >= 4 is 6.08 Å². The first-order chi connectivity index (χ1) is 14.5. The number of hydrogen-bond donors (Lipinski definition) is 0. The van der Waals surface area contributed by atoms with Gasteiger partial charge in [-0.15, -0.1) is 6.58 Å². The average molecular weight is 425 g/mol. The molecular formula is C28H33LiO3. The molecule has 2 aromatic carbocycles. The third-order valence-corrected chi connectivity index (χ3v) is 5.69. The Morgan fingerprint density at radius 1 is 0.969 bits per heavy atom. The van der Waals surface area contributed by atoms with Crippen LogP contribution in [0.25, 0.3) is 6.08 Å². The number of methoxy groups -OCH3 is 1. The molecule has 3 nitrogen and oxygen atoms in total. The van der Waals surface area contributed by atoms with Gasteiger partial charge in [-0.1, -0.05) is 84.0 Å². The smallest absolute Gasteiger partial charge is 0.579 e. The van der Waals surface area contributed by atoms with Crippen molar-refractivity contribution < 1.29 is 33.4 Å². The maximum atomic E-state index is 13.5. The molecule has 0 aromatic heterocycles. The predicted molar refractivity (Wildman–Crippen MR) is 126 cm³/mol. The maximum absolute atomic E-state index is 13.5. The minimum atomic E-state index is -0.350. The first kappa shape index (κ1) is 25.9. The SMILES string of the molecule is C=C[C@H]1/C(=C(/[O-])Oc2c(C(C)(C)C)cc(OC)cc2C(C)(C)C)C=Cc2ccccc21.[Li+]. The molecule has 1 aliphatic rings. The fourth-order valence-corrected chi connectivity index (χ4v) is 3.94. The zero-order chi connectivity index (χ0) is 23.0. The summed E-state index contributed by atoms with van der Waals surface area (Å²) >= 11 is 0. The van der Waals surface area contributed by atoms with E-state index in [4.69, 9.17) is 9.47 Å². The van der Waals surface area contributed by atoms with Crippen LogP contribution in [-0.4, -0.2) is 7.11 Å². The molecule has 1 atom stereocenters. The van der Waals surface area contributed by atoms with E-state index in [1.54, 1.807) is 7.11 Å². The van der Waals surface area contributed by atoms with Crippen LogP contribution in [0.15, 0.2) is 66.6 Å². The molecule has 164 valence electrons. The molecule has 0 amide bonds. The Hall–Kier alpha value is -2.34. The third-order valence-electron chi connectivity index (χ3n) is 5.69. The second-order valence-corrected chi connectivity index (χ2v) is 10.1. The van der Waals surface area contributed by atoms with Crippen LogP contribution in [0.1, 0.15) is 69.7 Å². The molecule has 32 heavy (non-hydrogen) atoms. The van der Waals surface area contributed by atoms with Gasteiger partial charge in [-0.2, -0.15) is 0 Å². The first-order valence-electron chi connectivity index (χ1n) is 10.7. The Kier molecular flexibility index (Phi) is 7.82. The van der Waals surface area contributed by atoms with Gasteiger partial charge in [-0.3, -0.25) is 0 Å². The van der Waals surface area contributed by atoms with Crippen LogP contribution in [0.3, 0.4) is 0 Å². The number of fused-ring (bicyclic) bond motifs is 1. The van der Waals surface area contributed by atoms with Crippen molar-refractivity contribution in [3.63, 3.8) is 0 Å². The summed E-state index contributed by atoms with van der Waals surface area (Å²) in [5.74, 6) is 0.825. The van der Waals surface area contributed by atoms with Gasteiger partial charge in [0, 0.05) is 11.7 Å². The molecule has 0 fully saturated rings. The monoisotopic (exact) mass is 424 g/mol. The normalized spacial score (nSPS) is 17.2. The van der Waals surface area contributed by atoms with Crippen molar-refractivity contribution in [2.24, 2.45) is 0 Å². The molecule has 0 spiro atoms. The van der Waals surface area contributed by atoms with Crippen LogP contribution in [0.2, 0.25) is 0 Å². The standard InChI is InChI=1S/C28H34O3.Li/c1-9-20-21-13-11-10-12-18(21)14-15-22(20)26(29)31-25-23(27(2,3)4)16-19(30-8)17-24(25)28(5,6)7;/h9-17,20,29H,1H2,2-8H3;/q;+1/p-1/b26-22-;/t20-;/m1./s1. The summed E-state index contributed by atoms with van der Waals surface area (Å²) in [6.07, 6.45) is 5.63. The fourth-order valence-electron chi connectivity index (χ4n) is 3.94. The predicted octanol–water partition coefficient (Wildman–Crippen LogP) is 3.24. The second kappa shape index (κ2) is 9.65. The van der Waals surface area contributed by atoms with Crippen molar-refractivity contribution in [3.05, 3.63) is 88.9 Å². The zero-order valence-corrected chi connectivity index (χ0v) is 20.7. The number of hydrogen-bond acceptors (Lipinski definition) is 3. The van der Waals surface area contributed by atoms with Crippen LogP contribution < -0.4 is 33.4 Å². The molecule has 0 saturated carbocycles. The van der Waals surface area contributed by atoms with Gasteiger partial charge in [0.25, 0.3) is 0 Å². The summed E-state index contributed by atoms with van der Waals surface area (Å²) < 4.78 is 11.8. The van der Waals surface area contributed by atoms with Gasteiger partial charge >= 0.3 is 18.9 Å². The minimum Gasteiger partial charge on any atom is -0.579 e. The van der Waals surface area contributed by atoms with Gasteiger partial charge in [0.15, 0.2) is 0 Å². The van der Waals surface area contributed by atoms with Crippen molar-refractivity contribution in [2.75, 3.05) is 7.11 Å². The Balaban J connectivity index is 0.00000363. The van der Waals surface area contributed by atoms with E-state index in [-0.39, 0.29) is 41.6 Å². The topological polar surface area (TPSA) is 41.5 Å². The van der Waals surface area contributed by atoms with Crippen LogP contribution >= 0.6 is 0 Å². The Morgan fingerprint density at radius 3 is 2.03 bits per heavy atom. The summed E-state index contributed by atoms with van der Waals surface area (Å²) in [7, 11) is 1.66. The van der Waals surface area contributed by atoms with E-state index in [1.807, 2.05) is 54.6 Å². The molecule has 0 N–H and O–H groups in total. The summed E-state index contributed by atoms with van der Waals surface area (Å²) in [5, 5.41) is 13.5. The van der Waals surface area contributed by atoms with E-state index in [2.05, 4.69) is 48.1 Å². The van der Waals surface area contributed by atoms with E-state index in [1.165, 1.54) is 0 Å². The van der Waals surface area contributed by atoms with E-state index in [0.717, 1.165) is 28.0 Å². The molecular weight excluding hydrogens is 391 g/mol. The van der Waals surface area contributed by atoms with Crippen LogP contribution in [-0.2, 0) is 10.8 Å². The van der Waals surface area contributed by atoms with Crippen molar-refractivity contribution in [3.8, 4) is 11.5 Å². The number of allylic oxidation sites excluding steroid dienone is 3. The van der Waals surface area contributed by atoms with E-state index < -0.39 is 0 Å². The quantitative estimate of drug-likeness (QED) is 0.430. The zero-order valence-electron chi connectivity index (χ0n) is 20.7. The summed E-state index contributed by atoms with van der Waals surface area (Å²) in [5.41, 5.74) is 4.17. The molecule has 1 aliphatic carbocycles. The molecule has 0 saturated heterocycles. The molecule has 0 radical (unpaired) electrons. The summed E-state index contributed by atoms with van der Waals surface area (Å²) in [6.45, 7) is 16.7. The maximum Gasteiger partial charge on any atom is 1.00 e. The van der Waals surface area contributed by atoms with Gasteiger partial charge in [-0.05, 0) is 50.8 Å². The van der Waals surface area contributed by atoms with Gasteiger partial charge in [0.2, 0.25) is 0 Å². The van der Waals surface area contributed by atoms with Crippen molar-refractivity contribution in [1.82, 2.24) is 0 Å². The largest absolute Gasteiger partial charge is 1.00 e. The number of rotatable bonds is 4. The molecule has 4 heteroatoms.